The van der Waals surface area contributed by atoms with Gasteiger partial charge in [-0.3, -0.25) is 4.79 Å². The van der Waals surface area contributed by atoms with Crippen LogP contribution in [0.3, 0.4) is 0 Å². The second-order valence-corrected chi connectivity index (χ2v) is 6.17. The number of alkyl halides is 3. The monoisotopic (exact) mass is 324 g/mol. The lowest BCUT2D eigenvalue weighted by Gasteiger charge is -2.44. The third-order valence-electron chi connectivity index (χ3n) is 4.66. The first-order chi connectivity index (χ1) is 10.9. The number of nitrogens with one attached hydrogen (secondary N) is 1. The molecule has 3 aliphatic rings. The van der Waals surface area contributed by atoms with Crippen molar-refractivity contribution in [3.63, 3.8) is 0 Å². The van der Waals surface area contributed by atoms with E-state index in [2.05, 4.69) is 10.2 Å². The van der Waals surface area contributed by atoms with Crippen LogP contribution < -0.4 is 5.32 Å². The number of hydrogen-bond acceptors (Lipinski definition) is 2. The minimum absolute atomic E-state index is 0.00376. The normalized spacial score (nSPS) is 27.3. The highest BCUT2D eigenvalue weighted by Crippen LogP contribution is 2.32. The van der Waals surface area contributed by atoms with Gasteiger partial charge in [0.15, 0.2) is 0 Å². The molecule has 3 heterocycles. The van der Waals surface area contributed by atoms with Crippen molar-refractivity contribution < 1.29 is 18.0 Å². The molecule has 2 bridgehead atoms. The van der Waals surface area contributed by atoms with Crippen molar-refractivity contribution in [3.05, 3.63) is 41.5 Å². The Bertz CT molecular complexity index is 604. The van der Waals surface area contributed by atoms with Crippen LogP contribution in [0.15, 0.2) is 30.3 Å². The van der Waals surface area contributed by atoms with Crippen molar-refractivity contribution in [2.75, 3.05) is 19.6 Å². The maximum absolute atomic E-state index is 12.9. The van der Waals surface area contributed by atoms with Crippen LogP contribution in [0.1, 0.15) is 24.0 Å². The van der Waals surface area contributed by atoms with Crippen LogP contribution in [0.25, 0.3) is 6.08 Å². The molecular weight excluding hydrogens is 305 g/mol. The van der Waals surface area contributed by atoms with E-state index in [0.29, 0.717) is 5.92 Å². The molecule has 0 radical (unpaired) electrons. The molecule has 1 amide bonds. The minimum Gasteiger partial charge on any atom is -0.348 e. The molecule has 3 aliphatic heterocycles. The Morgan fingerprint density at radius 2 is 1.91 bits per heavy atom. The van der Waals surface area contributed by atoms with Gasteiger partial charge in [-0.25, -0.2) is 0 Å². The van der Waals surface area contributed by atoms with Gasteiger partial charge in [0.2, 0.25) is 5.91 Å². The number of halogens is 3. The smallest absolute Gasteiger partial charge is 0.348 e. The highest BCUT2D eigenvalue weighted by Gasteiger charge is 2.35. The molecule has 1 aromatic rings. The summed E-state index contributed by atoms with van der Waals surface area (Å²) < 4.78 is 38.7. The Hall–Kier alpha value is -1.82. The average molecular weight is 324 g/mol. The van der Waals surface area contributed by atoms with Crippen LogP contribution >= 0.6 is 0 Å². The van der Waals surface area contributed by atoms with Gasteiger partial charge in [0.05, 0.1) is 5.56 Å². The molecule has 3 saturated heterocycles. The highest BCUT2D eigenvalue weighted by molar-refractivity contribution is 5.92. The molecule has 4 rings (SSSR count). The number of hydrogen-bond donors (Lipinski definition) is 1. The minimum atomic E-state index is -4.42. The van der Waals surface area contributed by atoms with Crippen molar-refractivity contribution in [1.82, 2.24) is 10.2 Å². The lowest BCUT2D eigenvalue weighted by Crippen LogP contribution is -2.57. The summed E-state index contributed by atoms with van der Waals surface area (Å²) in [6.45, 7) is 2.99. The Morgan fingerprint density at radius 3 is 2.52 bits per heavy atom. The Morgan fingerprint density at radius 1 is 1.22 bits per heavy atom. The lowest BCUT2D eigenvalue weighted by molar-refractivity contribution is -0.137. The zero-order valence-corrected chi connectivity index (χ0v) is 12.6. The molecule has 0 aliphatic carbocycles. The molecule has 1 atom stereocenters. The summed E-state index contributed by atoms with van der Waals surface area (Å²) in [6.07, 6.45) is 0.159. The number of amides is 1. The van der Waals surface area contributed by atoms with E-state index in [4.69, 9.17) is 0 Å². The third-order valence-corrected chi connectivity index (χ3v) is 4.66. The van der Waals surface area contributed by atoms with Crippen LogP contribution in [-0.2, 0) is 11.0 Å². The van der Waals surface area contributed by atoms with Crippen molar-refractivity contribution >= 4 is 12.0 Å². The second kappa shape index (κ2) is 6.35. The van der Waals surface area contributed by atoms with Gasteiger partial charge < -0.3 is 10.2 Å². The third kappa shape index (κ3) is 3.75. The largest absolute Gasteiger partial charge is 0.416 e. The van der Waals surface area contributed by atoms with E-state index in [9.17, 15) is 18.0 Å². The SMILES string of the molecule is O=C(C=Cc1ccccc1C(F)(F)F)NC1CN2CCC1CC2. The van der Waals surface area contributed by atoms with Gasteiger partial charge in [0.1, 0.15) is 0 Å². The van der Waals surface area contributed by atoms with E-state index in [-0.39, 0.29) is 17.5 Å². The summed E-state index contributed by atoms with van der Waals surface area (Å²) in [6, 6.07) is 5.35. The first-order valence-corrected chi connectivity index (χ1v) is 7.80. The molecule has 23 heavy (non-hydrogen) atoms. The Labute approximate surface area is 133 Å². The van der Waals surface area contributed by atoms with Crippen LogP contribution in [0.2, 0.25) is 0 Å². The first kappa shape index (κ1) is 16.1. The number of carbonyl (C=O) groups is 1. The summed E-state index contributed by atoms with van der Waals surface area (Å²) in [5.74, 6) is 0.153. The number of piperidine rings is 3. The van der Waals surface area contributed by atoms with E-state index >= 15 is 0 Å². The van der Waals surface area contributed by atoms with Crippen molar-refractivity contribution in [1.29, 1.82) is 0 Å². The van der Waals surface area contributed by atoms with E-state index < -0.39 is 11.7 Å². The maximum Gasteiger partial charge on any atom is 0.416 e. The molecule has 1 unspecified atom stereocenters. The van der Waals surface area contributed by atoms with E-state index in [1.54, 1.807) is 0 Å². The molecule has 0 saturated carbocycles. The molecule has 124 valence electrons. The maximum atomic E-state index is 12.9. The number of carbonyl (C=O) groups excluding carboxylic acids is 1. The van der Waals surface area contributed by atoms with Crippen molar-refractivity contribution in [2.45, 2.75) is 25.1 Å². The van der Waals surface area contributed by atoms with Crippen LogP contribution in [0.5, 0.6) is 0 Å². The molecule has 0 spiro atoms. The summed E-state index contributed by atoms with van der Waals surface area (Å²) in [5.41, 5.74) is -0.726. The highest BCUT2D eigenvalue weighted by atomic mass is 19.4. The molecule has 3 fully saturated rings. The summed E-state index contributed by atoms with van der Waals surface area (Å²) in [7, 11) is 0. The quantitative estimate of drug-likeness (QED) is 0.867. The van der Waals surface area contributed by atoms with Gasteiger partial charge in [0.25, 0.3) is 0 Å². The fraction of sp³-hybridized carbons (Fsp3) is 0.471. The van der Waals surface area contributed by atoms with Gasteiger partial charge >= 0.3 is 6.18 Å². The van der Waals surface area contributed by atoms with E-state index in [1.807, 2.05) is 0 Å². The number of rotatable bonds is 3. The first-order valence-electron chi connectivity index (χ1n) is 7.80. The average Bonchev–Trinajstić information content (AvgIpc) is 2.53. The molecule has 1 aromatic carbocycles. The second-order valence-electron chi connectivity index (χ2n) is 6.17. The van der Waals surface area contributed by atoms with Crippen LogP contribution in [-0.4, -0.2) is 36.5 Å². The van der Waals surface area contributed by atoms with Crippen molar-refractivity contribution in [3.8, 4) is 0 Å². The fourth-order valence-electron chi connectivity index (χ4n) is 3.43. The Kier molecular flexibility index (Phi) is 4.43. The summed E-state index contributed by atoms with van der Waals surface area (Å²) in [4.78, 5) is 14.3. The van der Waals surface area contributed by atoms with Crippen LogP contribution in [0.4, 0.5) is 13.2 Å². The summed E-state index contributed by atoms with van der Waals surface area (Å²) in [5, 5.41) is 2.93. The zero-order chi connectivity index (χ0) is 16.4. The Balaban J connectivity index is 1.65. The summed E-state index contributed by atoms with van der Waals surface area (Å²) >= 11 is 0. The topological polar surface area (TPSA) is 32.3 Å². The molecule has 1 N–H and O–H groups in total. The zero-order valence-electron chi connectivity index (χ0n) is 12.6. The van der Waals surface area contributed by atoms with Gasteiger partial charge in [0, 0.05) is 18.7 Å². The standard InChI is InChI=1S/C17H19F3N2O/c18-17(19,20)14-4-2-1-3-12(14)5-6-16(23)21-15-11-22-9-7-13(15)8-10-22/h1-6,13,15H,7-11H2,(H,21,23). The fourth-order valence-corrected chi connectivity index (χ4v) is 3.43. The van der Waals surface area contributed by atoms with Gasteiger partial charge in [-0.05, 0) is 49.6 Å². The predicted octanol–water partition coefficient (Wildman–Crippen LogP) is 2.93. The van der Waals surface area contributed by atoms with Crippen molar-refractivity contribution in [2.24, 2.45) is 5.92 Å². The van der Waals surface area contributed by atoms with Gasteiger partial charge in [-0.2, -0.15) is 13.2 Å². The molecule has 0 aromatic heterocycles. The van der Waals surface area contributed by atoms with E-state index in [1.165, 1.54) is 30.4 Å². The van der Waals surface area contributed by atoms with E-state index in [0.717, 1.165) is 38.5 Å². The van der Waals surface area contributed by atoms with Crippen LogP contribution in [0, 0.1) is 5.92 Å². The predicted molar refractivity (Wildman–Crippen MR) is 81.6 cm³/mol. The molecule has 6 heteroatoms. The molecule has 3 nitrogen and oxygen atoms in total. The van der Waals surface area contributed by atoms with Gasteiger partial charge in [-0.15, -0.1) is 0 Å². The number of nitrogens with zero attached hydrogens (tertiary/aromatic N) is 1. The number of benzene rings is 1. The lowest BCUT2D eigenvalue weighted by atomic mass is 9.84. The number of fused-ring (bicyclic) bond motifs is 3. The molecular formula is C17H19F3N2O. The van der Waals surface area contributed by atoms with Gasteiger partial charge in [-0.1, -0.05) is 18.2 Å².